The predicted octanol–water partition coefficient (Wildman–Crippen LogP) is 0.888. The summed E-state index contributed by atoms with van der Waals surface area (Å²) in [6.45, 7) is 7.79. The van der Waals surface area contributed by atoms with Crippen molar-refractivity contribution in [2.24, 2.45) is 0 Å². The van der Waals surface area contributed by atoms with Crippen molar-refractivity contribution >= 4 is 11.9 Å². The van der Waals surface area contributed by atoms with Crippen LogP contribution in [0.5, 0.6) is 0 Å². The second-order valence-corrected chi connectivity index (χ2v) is 3.71. The van der Waals surface area contributed by atoms with Crippen LogP contribution in [0.15, 0.2) is 0 Å². The molecule has 0 rings (SSSR count). The van der Waals surface area contributed by atoms with Crippen molar-refractivity contribution in [3.05, 3.63) is 0 Å². The van der Waals surface area contributed by atoms with E-state index in [1.54, 1.807) is 0 Å². The van der Waals surface area contributed by atoms with Crippen LogP contribution in [-0.4, -0.2) is 35.9 Å². The zero-order valence-electron chi connectivity index (χ0n) is 10.2. The third-order valence-electron chi connectivity index (χ3n) is 1.09. The van der Waals surface area contributed by atoms with E-state index < -0.39 is 11.6 Å². The number of ether oxygens (including phenoxy) is 2. The molecule has 0 atom stereocenters. The highest BCUT2D eigenvalue weighted by Gasteiger charge is 2.23. The van der Waals surface area contributed by atoms with E-state index in [9.17, 15) is 9.59 Å². The molecule has 0 aliphatic heterocycles. The minimum absolute atomic E-state index is 0.0255. The van der Waals surface area contributed by atoms with Gasteiger partial charge >= 0.3 is 11.9 Å². The molecule has 1 N–H and O–H groups in total. The summed E-state index contributed by atoms with van der Waals surface area (Å²) in [5.41, 5.74) is -1.35. The number of rotatable bonds is 2. The molecule has 5 nitrogen and oxygen atoms in total. The van der Waals surface area contributed by atoms with Crippen LogP contribution in [0.3, 0.4) is 0 Å². The largest absolute Gasteiger partial charge is 0.467 e. The molecule has 15 heavy (non-hydrogen) atoms. The van der Waals surface area contributed by atoms with Gasteiger partial charge in [-0.3, -0.25) is 4.79 Å². The molecule has 0 aliphatic rings. The average molecular weight is 220 g/mol. The van der Waals surface area contributed by atoms with Gasteiger partial charge in [0.05, 0.1) is 13.2 Å². The van der Waals surface area contributed by atoms with Gasteiger partial charge in [0.15, 0.2) is 5.60 Å². The molecule has 5 heteroatoms. The summed E-state index contributed by atoms with van der Waals surface area (Å²) in [6, 6.07) is 0. The van der Waals surface area contributed by atoms with Crippen LogP contribution in [0, 0.1) is 0 Å². The van der Waals surface area contributed by atoms with Crippen molar-refractivity contribution in [3.63, 3.8) is 0 Å². The van der Waals surface area contributed by atoms with E-state index in [0.717, 1.165) is 0 Å². The van der Waals surface area contributed by atoms with Crippen LogP contribution < -0.4 is 0 Å². The summed E-state index contributed by atoms with van der Waals surface area (Å²) in [6.07, 6.45) is 0.0255. The Bertz CT molecular complexity index is 202. The predicted molar refractivity (Wildman–Crippen MR) is 55.2 cm³/mol. The standard InChI is InChI=1S/C5H10O3.C5H10O2/c1-5(2,7)4(6)8-3;1-4(2)7-5(3)6/h7H,1-3H3;4H,1-3H3. The van der Waals surface area contributed by atoms with Gasteiger partial charge in [0.2, 0.25) is 0 Å². The lowest BCUT2D eigenvalue weighted by molar-refractivity contribution is -0.158. The molecule has 0 unspecified atom stereocenters. The maximum Gasteiger partial charge on any atom is 0.337 e. The van der Waals surface area contributed by atoms with Crippen molar-refractivity contribution in [2.45, 2.75) is 46.3 Å². The fraction of sp³-hybridized carbons (Fsp3) is 0.800. The lowest BCUT2D eigenvalue weighted by Crippen LogP contribution is -2.31. The van der Waals surface area contributed by atoms with E-state index in [0.29, 0.717) is 0 Å². The molecule has 0 fully saturated rings. The summed E-state index contributed by atoms with van der Waals surface area (Å²) in [5, 5.41) is 8.81. The molecule has 0 aromatic heterocycles. The topological polar surface area (TPSA) is 72.8 Å². The molecule has 0 saturated carbocycles. The zero-order valence-corrected chi connectivity index (χ0v) is 10.2. The van der Waals surface area contributed by atoms with E-state index >= 15 is 0 Å². The molecular weight excluding hydrogens is 200 g/mol. The number of aliphatic hydroxyl groups is 1. The maximum atomic E-state index is 10.4. The molecular formula is C10H20O5. The van der Waals surface area contributed by atoms with Gasteiger partial charge in [0, 0.05) is 6.92 Å². The van der Waals surface area contributed by atoms with E-state index in [1.807, 2.05) is 13.8 Å². The molecule has 0 aromatic rings. The zero-order chi connectivity index (χ0) is 12.6. The quantitative estimate of drug-likeness (QED) is 0.699. The van der Waals surface area contributed by atoms with Crippen LogP contribution in [-0.2, 0) is 19.1 Å². The summed E-state index contributed by atoms with van der Waals surface area (Å²) < 4.78 is 8.84. The normalized spacial score (nSPS) is 10.1. The first kappa shape index (κ1) is 16.3. The molecule has 0 bridgehead atoms. The summed E-state index contributed by atoms with van der Waals surface area (Å²) in [7, 11) is 1.24. The Morgan fingerprint density at radius 3 is 1.67 bits per heavy atom. The number of hydrogen-bond acceptors (Lipinski definition) is 5. The fourth-order valence-electron chi connectivity index (χ4n) is 0.582. The third-order valence-corrected chi connectivity index (χ3v) is 1.09. The monoisotopic (exact) mass is 220 g/mol. The summed E-state index contributed by atoms with van der Waals surface area (Å²) in [4.78, 5) is 20.4. The molecule has 0 radical (unpaired) electrons. The van der Waals surface area contributed by atoms with Gasteiger partial charge in [0.25, 0.3) is 0 Å². The molecule has 0 aromatic carbocycles. The highest BCUT2D eigenvalue weighted by Crippen LogP contribution is 2.01. The Balaban J connectivity index is 0. The Hall–Kier alpha value is -1.10. The smallest absolute Gasteiger partial charge is 0.337 e. The van der Waals surface area contributed by atoms with Gasteiger partial charge in [-0.25, -0.2) is 4.79 Å². The third kappa shape index (κ3) is 12.9. The molecule has 0 saturated heterocycles. The SMILES string of the molecule is CC(=O)OC(C)C.COC(=O)C(C)(C)O. The number of esters is 2. The van der Waals surface area contributed by atoms with Gasteiger partial charge < -0.3 is 14.6 Å². The second-order valence-electron chi connectivity index (χ2n) is 3.71. The number of carbonyl (C=O) groups excluding carboxylic acids is 2. The first-order chi connectivity index (χ1) is 6.61. The van der Waals surface area contributed by atoms with Crippen molar-refractivity contribution in [1.82, 2.24) is 0 Å². The van der Waals surface area contributed by atoms with Gasteiger partial charge in [-0.2, -0.15) is 0 Å². The van der Waals surface area contributed by atoms with Crippen LogP contribution in [0.2, 0.25) is 0 Å². The van der Waals surface area contributed by atoms with Crippen molar-refractivity contribution < 1.29 is 24.2 Å². The number of methoxy groups -OCH3 is 1. The minimum Gasteiger partial charge on any atom is -0.467 e. The molecule has 0 spiro atoms. The summed E-state index contributed by atoms with van der Waals surface area (Å²) >= 11 is 0. The van der Waals surface area contributed by atoms with Crippen LogP contribution in [0.25, 0.3) is 0 Å². The van der Waals surface area contributed by atoms with Gasteiger partial charge in [0.1, 0.15) is 0 Å². The molecule has 90 valence electrons. The maximum absolute atomic E-state index is 10.4. The van der Waals surface area contributed by atoms with E-state index in [-0.39, 0.29) is 12.1 Å². The van der Waals surface area contributed by atoms with Gasteiger partial charge in [-0.05, 0) is 27.7 Å². The second kappa shape index (κ2) is 7.23. The van der Waals surface area contributed by atoms with E-state index in [2.05, 4.69) is 9.47 Å². The van der Waals surface area contributed by atoms with Crippen molar-refractivity contribution in [3.8, 4) is 0 Å². The van der Waals surface area contributed by atoms with Crippen LogP contribution in [0.1, 0.15) is 34.6 Å². The number of carbonyl (C=O) groups is 2. The van der Waals surface area contributed by atoms with Gasteiger partial charge in [-0.15, -0.1) is 0 Å². The van der Waals surface area contributed by atoms with Crippen LogP contribution >= 0.6 is 0 Å². The highest BCUT2D eigenvalue weighted by atomic mass is 16.5. The number of hydrogen-bond donors (Lipinski definition) is 1. The van der Waals surface area contributed by atoms with Crippen molar-refractivity contribution in [1.29, 1.82) is 0 Å². The average Bonchev–Trinajstić information content (AvgIpc) is 1.99. The van der Waals surface area contributed by atoms with Gasteiger partial charge in [-0.1, -0.05) is 0 Å². The Kier molecular flexibility index (Phi) is 7.87. The molecule has 0 amide bonds. The fourth-order valence-corrected chi connectivity index (χ4v) is 0.582. The Labute approximate surface area is 90.4 Å². The summed E-state index contributed by atoms with van der Waals surface area (Å²) in [5.74, 6) is -0.826. The first-order valence-corrected chi connectivity index (χ1v) is 4.59. The van der Waals surface area contributed by atoms with Crippen LogP contribution in [0.4, 0.5) is 0 Å². The Morgan fingerprint density at radius 2 is 1.67 bits per heavy atom. The first-order valence-electron chi connectivity index (χ1n) is 4.59. The lowest BCUT2D eigenvalue weighted by atomic mass is 10.1. The van der Waals surface area contributed by atoms with E-state index in [1.165, 1.54) is 27.9 Å². The highest BCUT2D eigenvalue weighted by molar-refractivity contribution is 5.77. The van der Waals surface area contributed by atoms with E-state index in [4.69, 9.17) is 5.11 Å². The lowest BCUT2D eigenvalue weighted by Gasteiger charge is -2.12. The molecule has 0 heterocycles. The molecule has 0 aliphatic carbocycles. The Morgan fingerprint density at radius 1 is 1.27 bits per heavy atom. The minimum atomic E-state index is -1.35. The van der Waals surface area contributed by atoms with Crippen molar-refractivity contribution in [2.75, 3.05) is 7.11 Å².